The highest BCUT2D eigenvalue weighted by molar-refractivity contribution is 9.10. The molecule has 1 atom stereocenters. The van der Waals surface area contributed by atoms with Crippen LogP contribution in [0, 0.1) is 5.92 Å². The number of carbonyl (C=O) groups excluding carboxylic acids is 1. The molecule has 1 saturated heterocycles. The Morgan fingerprint density at radius 2 is 2.09 bits per heavy atom. The Morgan fingerprint density at radius 3 is 2.70 bits per heavy atom. The van der Waals surface area contributed by atoms with Crippen molar-refractivity contribution in [1.82, 2.24) is 10.2 Å². The van der Waals surface area contributed by atoms with E-state index in [1.807, 2.05) is 38.2 Å². The van der Waals surface area contributed by atoms with Crippen molar-refractivity contribution in [3.05, 3.63) is 28.7 Å². The normalized spacial score (nSPS) is 17.3. The number of benzene rings is 1. The average molecular weight is 405 g/mol. The summed E-state index contributed by atoms with van der Waals surface area (Å²) in [6.07, 6.45) is 3.62. The van der Waals surface area contributed by atoms with Crippen LogP contribution in [-0.2, 0) is 4.79 Å². The molecular formula is C17H27BrClN3O. The molecule has 4 nitrogen and oxygen atoms in total. The lowest BCUT2D eigenvalue weighted by Gasteiger charge is -2.35. The summed E-state index contributed by atoms with van der Waals surface area (Å²) in [5.74, 6) is 0.871. The van der Waals surface area contributed by atoms with Crippen LogP contribution in [0.1, 0.15) is 26.2 Å². The van der Waals surface area contributed by atoms with Crippen molar-refractivity contribution in [2.45, 2.75) is 32.2 Å². The zero-order valence-electron chi connectivity index (χ0n) is 13.8. The van der Waals surface area contributed by atoms with Crippen molar-refractivity contribution in [2.75, 3.05) is 32.0 Å². The maximum Gasteiger partial charge on any atom is 0.241 e. The molecule has 0 aromatic heterocycles. The van der Waals surface area contributed by atoms with E-state index in [2.05, 4.69) is 31.5 Å². The van der Waals surface area contributed by atoms with Crippen molar-refractivity contribution in [3.8, 4) is 0 Å². The van der Waals surface area contributed by atoms with E-state index in [4.69, 9.17) is 0 Å². The van der Waals surface area contributed by atoms with Crippen molar-refractivity contribution in [1.29, 1.82) is 0 Å². The minimum absolute atomic E-state index is 0. The van der Waals surface area contributed by atoms with E-state index in [-0.39, 0.29) is 24.4 Å². The molecule has 1 aromatic rings. The van der Waals surface area contributed by atoms with Crippen LogP contribution in [0.25, 0.3) is 0 Å². The summed E-state index contributed by atoms with van der Waals surface area (Å²) >= 11 is 3.43. The molecule has 1 aliphatic heterocycles. The highest BCUT2D eigenvalue weighted by Crippen LogP contribution is 2.22. The molecular weight excluding hydrogens is 378 g/mol. The van der Waals surface area contributed by atoms with Crippen LogP contribution >= 0.6 is 28.3 Å². The Morgan fingerprint density at radius 1 is 1.39 bits per heavy atom. The van der Waals surface area contributed by atoms with Crippen LogP contribution in [0.3, 0.4) is 0 Å². The van der Waals surface area contributed by atoms with Gasteiger partial charge < -0.3 is 10.6 Å². The van der Waals surface area contributed by atoms with Gasteiger partial charge in [-0.15, -0.1) is 12.4 Å². The number of likely N-dealkylation sites (tertiary alicyclic amines) is 1. The summed E-state index contributed by atoms with van der Waals surface area (Å²) < 4.78 is 0.975. The first-order chi connectivity index (χ1) is 10.6. The molecule has 1 aromatic carbocycles. The Labute approximate surface area is 153 Å². The van der Waals surface area contributed by atoms with E-state index in [0.717, 1.165) is 35.7 Å². The van der Waals surface area contributed by atoms with Gasteiger partial charge in [0.25, 0.3) is 0 Å². The zero-order chi connectivity index (χ0) is 15.9. The van der Waals surface area contributed by atoms with Crippen LogP contribution in [0.15, 0.2) is 28.7 Å². The molecule has 6 heteroatoms. The lowest BCUT2D eigenvalue weighted by atomic mass is 9.93. The number of halogens is 2. The summed E-state index contributed by atoms with van der Waals surface area (Å²) in [6, 6.07) is 7.64. The smallest absolute Gasteiger partial charge is 0.241 e. The molecule has 0 bridgehead atoms. The third-order valence-corrected chi connectivity index (χ3v) is 4.96. The van der Waals surface area contributed by atoms with Gasteiger partial charge in [0.1, 0.15) is 0 Å². The molecule has 1 heterocycles. The molecule has 1 unspecified atom stereocenters. The number of anilines is 1. The van der Waals surface area contributed by atoms with Crippen LogP contribution in [0.2, 0.25) is 0 Å². The summed E-state index contributed by atoms with van der Waals surface area (Å²) in [4.78, 5) is 14.7. The number of carbonyl (C=O) groups is 1. The van der Waals surface area contributed by atoms with Gasteiger partial charge in [-0.2, -0.15) is 0 Å². The molecule has 2 N–H and O–H groups in total. The van der Waals surface area contributed by atoms with Gasteiger partial charge in [-0.05, 0) is 77.0 Å². The largest absolute Gasteiger partial charge is 0.325 e. The summed E-state index contributed by atoms with van der Waals surface area (Å²) in [7, 11) is 2.00. The number of nitrogens with one attached hydrogen (secondary N) is 2. The zero-order valence-corrected chi connectivity index (χ0v) is 16.3. The highest BCUT2D eigenvalue weighted by Gasteiger charge is 2.26. The number of rotatable bonds is 6. The van der Waals surface area contributed by atoms with Gasteiger partial charge >= 0.3 is 0 Å². The van der Waals surface area contributed by atoms with Crippen LogP contribution < -0.4 is 10.6 Å². The molecule has 1 amide bonds. The topological polar surface area (TPSA) is 44.4 Å². The third-order valence-electron chi connectivity index (χ3n) is 4.47. The van der Waals surface area contributed by atoms with Crippen LogP contribution in [-0.4, -0.2) is 43.5 Å². The molecule has 0 spiro atoms. The second-order valence-electron chi connectivity index (χ2n) is 6.05. The van der Waals surface area contributed by atoms with Crippen LogP contribution in [0.5, 0.6) is 0 Å². The minimum Gasteiger partial charge on any atom is -0.325 e. The maximum atomic E-state index is 12.4. The molecule has 0 radical (unpaired) electrons. The first-order valence-electron chi connectivity index (χ1n) is 8.05. The fourth-order valence-electron chi connectivity index (χ4n) is 2.96. The lowest BCUT2D eigenvalue weighted by Crippen LogP contribution is -2.46. The Kier molecular flexibility index (Phi) is 9.14. The molecule has 0 saturated carbocycles. The van der Waals surface area contributed by atoms with Gasteiger partial charge in [-0.25, -0.2) is 0 Å². The minimum atomic E-state index is -0.0794. The van der Waals surface area contributed by atoms with E-state index in [0.29, 0.717) is 0 Å². The van der Waals surface area contributed by atoms with Crippen molar-refractivity contribution in [3.63, 3.8) is 0 Å². The van der Waals surface area contributed by atoms with E-state index in [1.54, 1.807) is 0 Å². The Balaban J connectivity index is 0.00000264. The fraction of sp³-hybridized carbons (Fsp3) is 0.588. The highest BCUT2D eigenvalue weighted by atomic mass is 79.9. The molecule has 2 rings (SSSR count). The monoisotopic (exact) mass is 403 g/mol. The van der Waals surface area contributed by atoms with E-state index in [1.165, 1.54) is 19.3 Å². The van der Waals surface area contributed by atoms with E-state index < -0.39 is 0 Å². The second kappa shape index (κ2) is 10.3. The number of hydrogen-bond donors (Lipinski definition) is 2. The van der Waals surface area contributed by atoms with Gasteiger partial charge in [0.2, 0.25) is 5.91 Å². The standard InChI is InChI=1S/C17H26BrN3O.ClH/c1-13(17(22)20-16-5-3-4-15(18)12-16)21-10-7-14(8-11-21)6-9-19-2;/h3-5,12-14,19H,6-11H2,1-2H3,(H,20,22);1H. The van der Waals surface area contributed by atoms with Crippen molar-refractivity contribution < 1.29 is 4.79 Å². The molecule has 1 fully saturated rings. The van der Waals surface area contributed by atoms with Gasteiger partial charge in [0.05, 0.1) is 6.04 Å². The second-order valence-corrected chi connectivity index (χ2v) is 6.96. The van der Waals surface area contributed by atoms with Gasteiger partial charge in [-0.1, -0.05) is 22.0 Å². The predicted octanol–water partition coefficient (Wildman–Crippen LogP) is 3.52. The molecule has 1 aliphatic rings. The number of hydrogen-bond acceptors (Lipinski definition) is 3. The van der Waals surface area contributed by atoms with Crippen LogP contribution in [0.4, 0.5) is 5.69 Å². The summed E-state index contributed by atoms with van der Waals surface area (Å²) in [5, 5.41) is 6.22. The molecule has 130 valence electrons. The van der Waals surface area contributed by atoms with Crippen molar-refractivity contribution >= 4 is 39.9 Å². The first-order valence-corrected chi connectivity index (χ1v) is 8.84. The fourth-order valence-corrected chi connectivity index (χ4v) is 3.36. The maximum absolute atomic E-state index is 12.4. The first kappa shape index (κ1) is 20.4. The number of piperidine rings is 1. The Hall–Kier alpha value is -0.620. The lowest BCUT2D eigenvalue weighted by molar-refractivity contribution is -0.121. The SMILES string of the molecule is CNCCC1CCN(C(C)C(=O)Nc2cccc(Br)c2)CC1.Cl. The van der Waals surface area contributed by atoms with E-state index in [9.17, 15) is 4.79 Å². The predicted molar refractivity (Wildman–Crippen MR) is 102 cm³/mol. The third kappa shape index (κ3) is 6.42. The van der Waals surface area contributed by atoms with Gasteiger partial charge in [0.15, 0.2) is 0 Å². The average Bonchev–Trinajstić information content (AvgIpc) is 2.52. The van der Waals surface area contributed by atoms with Gasteiger partial charge in [-0.3, -0.25) is 9.69 Å². The quantitative estimate of drug-likeness (QED) is 0.762. The number of nitrogens with zero attached hydrogens (tertiary/aromatic N) is 1. The van der Waals surface area contributed by atoms with E-state index >= 15 is 0 Å². The summed E-state index contributed by atoms with van der Waals surface area (Å²) in [5.41, 5.74) is 0.843. The van der Waals surface area contributed by atoms with Crippen molar-refractivity contribution in [2.24, 2.45) is 5.92 Å². The molecule has 23 heavy (non-hydrogen) atoms. The molecule has 0 aliphatic carbocycles. The Bertz CT molecular complexity index is 492. The van der Waals surface area contributed by atoms with Gasteiger partial charge in [0, 0.05) is 10.2 Å². The summed E-state index contributed by atoms with van der Waals surface area (Å²) in [6.45, 7) is 5.12. The number of amides is 1.